The smallest absolute Gasteiger partial charge is 0.261 e. The van der Waals surface area contributed by atoms with Gasteiger partial charge in [-0.15, -0.1) is 11.3 Å². The molecule has 3 saturated heterocycles. The standard InChI is InChI=1S/C24H29ClF2N4O4S2/c25-17-5-6-20-16(11-17)12-22(36-20)37(34,35)28-19-4-2-8-30(23(19)33)14-21(32)31-9-1-3-18(31)13-29-10-7-24(26,27)15-29/h5-6,11-12,18-19,28H,1-4,7-10,13-15H2/t18-,19-/m0/s1. The Hall–Kier alpha value is -1.86. The van der Waals surface area contributed by atoms with E-state index in [1.54, 1.807) is 28.0 Å². The third-order valence-corrected chi connectivity index (χ3v) is 10.6. The Balaban J connectivity index is 1.21. The van der Waals surface area contributed by atoms with Gasteiger partial charge < -0.3 is 9.80 Å². The number of carbonyl (C=O) groups excluding carboxylic acids is 2. The highest BCUT2D eigenvalue weighted by molar-refractivity contribution is 7.91. The Kier molecular flexibility index (Phi) is 7.49. The number of benzene rings is 1. The van der Waals surface area contributed by atoms with Crippen molar-refractivity contribution >= 4 is 54.9 Å². The van der Waals surface area contributed by atoms with Crippen LogP contribution < -0.4 is 4.72 Å². The molecule has 0 unspecified atom stereocenters. The molecule has 0 radical (unpaired) electrons. The molecular formula is C24H29ClF2N4O4S2. The SMILES string of the molecule is O=C1[C@@H](NS(=O)(=O)c2cc3cc(Cl)ccc3s2)CCCN1CC(=O)N1CCC[C@H]1CN1CCC(F)(F)C1. The number of thiophene rings is 1. The minimum atomic E-state index is -3.95. The molecule has 1 aromatic carbocycles. The molecule has 8 nitrogen and oxygen atoms in total. The monoisotopic (exact) mass is 574 g/mol. The first-order valence-corrected chi connectivity index (χ1v) is 15.1. The average molecular weight is 575 g/mol. The molecule has 1 N–H and O–H groups in total. The van der Waals surface area contributed by atoms with Crippen LogP contribution in [0.2, 0.25) is 5.02 Å². The zero-order valence-corrected chi connectivity index (χ0v) is 22.6. The lowest BCUT2D eigenvalue weighted by Gasteiger charge is -2.34. The highest BCUT2D eigenvalue weighted by atomic mass is 35.5. The van der Waals surface area contributed by atoms with Crippen LogP contribution in [0, 0.1) is 0 Å². The molecule has 3 aliphatic rings. The summed E-state index contributed by atoms with van der Waals surface area (Å²) in [5, 5.41) is 1.21. The molecule has 5 rings (SSSR count). The molecule has 202 valence electrons. The van der Waals surface area contributed by atoms with Gasteiger partial charge in [0.05, 0.1) is 13.1 Å². The van der Waals surface area contributed by atoms with Crippen LogP contribution >= 0.6 is 22.9 Å². The molecule has 0 aliphatic carbocycles. The van der Waals surface area contributed by atoms with E-state index in [1.165, 1.54) is 11.0 Å². The largest absolute Gasteiger partial charge is 0.337 e. The number of sulfonamides is 1. The van der Waals surface area contributed by atoms with E-state index in [1.807, 2.05) is 0 Å². The van der Waals surface area contributed by atoms with Crippen molar-refractivity contribution in [3.05, 3.63) is 29.3 Å². The van der Waals surface area contributed by atoms with Crippen molar-refractivity contribution in [2.24, 2.45) is 0 Å². The van der Waals surface area contributed by atoms with Gasteiger partial charge in [-0.1, -0.05) is 11.6 Å². The summed E-state index contributed by atoms with van der Waals surface area (Å²) in [5.41, 5.74) is 0. The van der Waals surface area contributed by atoms with Crippen molar-refractivity contribution in [1.82, 2.24) is 19.4 Å². The molecule has 2 atom stereocenters. The summed E-state index contributed by atoms with van der Waals surface area (Å²) in [6.45, 7) is 1.17. The first kappa shape index (κ1) is 26.7. The summed E-state index contributed by atoms with van der Waals surface area (Å²) < 4.78 is 56.7. The first-order valence-electron chi connectivity index (χ1n) is 12.4. The van der Waals surface area contributed by atoms with Crippen molar-refractivity contribution < 1.29 is 26.8 Å². The number of nitrogens with one attached hydrogen (secondary N) is 1. The predicted octanol–water partition coefficient (Wildman–Crippen LogP) is 3.16. The summed E-state index contributed by atoms with van der Waals surface area (Å²) in [6.07, 6.45) is 2.26. The second kappa shape index (κ2) is 10.4. The number of rotatable bonds is 7. The molecule has 0 spiro atoms. The lowest BCUT2D eigenvalue weighted by atomic mass is 10.1. The molecule has 37 heavy (non-hydrogen) atoms. The third-order valence-electron chi connectivity index (χ3n) is 7.29. The molecular weight excluding hydrogens is 546 g/mol. The second-order valence-electron chi connectivity index (χ2n) is 10.0. The fraction of sp³-hybridized carbons (Fsp3) is 0.583. The number of carbonyl (C=O) groups is 2. The third kappa shape index (κ3) is 5.93. The first-order chi connectivity index (χ1) is 17.5. The number of likely N-dealkylation sites (tertiary alicyclic amines) is 3. The van der Waals surface area contributed by atoms with Crippen molar-refractivity contribution in [2.75, 3.05) is 39.3 Å². The maximum Gasteiger partial charge on any atom is 0.261 e. The van der Waals surface area contributed by atoms with Crippen molar-refractivity contribution in [3.63, 3.8) is 0 Å². The van der Waals surface area contributed by atoms with E-state index in [4.69, 9.17) is 11.6 Å². The Morgan fingerprint density at radius 3 is 2.70 bits per heavy atom. The van der Waals surface area contributed by atoms with Crippen LogP contribution in [0.3, 0.4) is 0 Å². The van der Waals surface area contributed by atoms with Crippen LogP contribution in [0.15, 0.2) is 28.5 Å². The molecule has 13 heteroatoms. The van der Waals surface area contributed by atoms with E-state index >= 15 is 0 Å². The van der Waals surface area contributed by atoms with Gasteiger partial charge in [0.1, 0.15) is 10.3 Å². The number of halogens is 3. The minimum Gasteiger partial charge on any atom is -0.337 e. The van der Waals surface area contributed by atoms with Gasteiger partial charge >= 0.3 is 0 Å². The van der Waals surface area contributed by atoms with E-state index in [0.29, 0.717) is 49.4 Å². The average Bonchev–Trinajstić information content (AvgIpc) is 3.54. The number of amides is 2. The number of hydrogen-bond acceptors (Lipinski definition) is 6. The quantitative estimate of drug-likeness (QED) is 0.549. The highest BCUT2D eigenvalue weighted by Crippen LogP contribution is 2.32. The molecule has 1 aromatic heterocycles. The summed E-state index contributed by atoms with van der Waals surface area (Å²) >= 11 is 7.11. The van der Waals surface area contributed by atoms with E-state index in [2.05, 4.69) is 4.72 Å². The maximum absolute atomic E-state index is 13.6. The van der Waals surface area contributed by atoms with Crippen LogP contribution in [0.1, 0.15) is 32.1 Å². The zero-order chi connectivity index (χ0) is 26.4. The Morgan fingerprint density at radius 2 is 1.95 bits per heavy atom. The van der Waals surface area contributed by atoms with Gasteiger partial charge in [-0.25, -0.2) is 17.2 Å². The topological polar surface area (TPSA) is 90.0 Å². The molecule has 2 amide bonds. The van der Waals surface area contributed by atoms with Gasteiger partial charge in [0, 0.05) is 48.4 Å². The Labute approximate surface area is 223 Å². The number of nitrogens with zero attached hydrogens (tertiary/aromatic N) is 3. The number of hydrogen-bond donors (Lipinski definition) is 1. The van der Waals surface area contributed by atoms with E-state index in [9.17, 15) is 26.8 Å². The molecule has 0 bridgehead atoms. The fourth-order valence-corrected chi connectivity index (χ4v) is 8.24. The Bertz CT molecular complexity index is 1300. The minimum absolute atomic E-state index is 0.0955. The summed E-state index contributed by atoms with van der Waals surface area (Å²) in [6, 6.07) is 5.55. The van der Waals surface area contributed by atoms with Crippen molar-refractivity contribution in [1.29, 1.82) is 0 Å². The summed E-state index contributed by atoms with van der Waals surface area (Å²) in [7, 11) is -3.95. The Morgan fingerprint density at radius 1 is 1.16 bits per heavy atom. The summed E-state index contributed by atoms with van der Waals surface area (Å²) in [4.78, 5) is 31.1. The molecule has 2 aromatic rings. The molecule has 3 aliphatic heterocycles. The van der Waals surface area contributed by atoms with Crippen LogP contribution in [0.5, 0.6) is 0 Å². The lowest BCUT2D eigenvalue weighted by Crippen LogP contribution is -2.55. The van der Waals surface area contributed by atoms with Crippen LogP contribution in [0.4, 0.5) is 8.78 Å². The van der Waals surface area contributed by atoms with Gasteiger partial charge in [0.25, 0.3) is 15.9 Å². The van der Waals surface area contributed by atoms with Gasteiger partial charge in [-0.2, -0.15) is 4.72 Å². The number of piperidine rings is 1. The molecule has 0 saturated carbocycles. The summed E-state index contributed by atoms with van der Waals surface area (Å²) in [5.74, 6) is -3.34. The van der Waals surface area contributed by atoms with E-state index in [-0.39, 0.29) is 35.7 Å². The van der Waals surface area contributed by atoms with Gasteiger partial charge in [-0.3, -0.25) is 14.5 Å². The van der Waals surface area contributed by atoms with Gasteiger partial charge in [0.15, 0.2) is 0 Å². The number of fused-ring (bicyclic) bond motifs is 1. The fourth-order valence-electron chi connectivity index (χ4n) is 5.44. The normalized spacial score (nSPS) is 24.9. The maximum atomic E-state index is 13.6. The van der Waals surface area contributed by atoms with Crippen molar-refractivity contribution in [3.8, 4) is 0 Å². The van der Waals surface area contributed by atoms with Gasteiger partial charge in [0.2, 0.25) is 11.8 Å². The second-order valence-corrected chi connectivity index (χ2v) is 13.5. The highest BCUT2D eigenvalue weighted by Gasteiger charge is 2.41. The van der Waals surface area contributed by atoms with Crippen molar-refractivity contribution in [2.45, 2.75) is 54.3 Å². The molecule has 4 heterocycles. The lowest BCUT2D eigenvalue weighted by molar-refractivity contribution is -0.143. The van der Waals surface area contributed by atoms with E-state index < -0.39 is 27.9 Å². The van der Waals surface area contributed by atoms with Crippen LogP contribution in [-0.4, -0.2) is 92.2 Å². The predicted molar refractivity (Wildman–Crippen MR) is 137 cm³/mol. The van der Waals surface area contributed by atoms with Gasteiger partial charge in [-0.05, 0) is 55.3 Å². The molecule has 3 fully saturated rings. The van der Waals surface area contributed by atoms with E-state index in [0.717, 1.165) is 28.9 Å². The van der Waals surface area contributed by atoms with Crippen LogP contribution in [-0.2, 0) is 19.6 Å². The number of alkyl halides is 2. The zero-order valence-electron chi connectivity index (χ0n) is 20.2. The van der Waals surface area contributed by atoms with Crippen LogP contribution in [0.25, 0.3) is 10.1 Å².